The second-order valence-corrected chi connectivity index (χ2v) is 8.83. The lowest BCUT2D eigenvalue weighted by atomic mass is 10.1. The van der Waals surface area contributed by atoms with Gasteiger partial charge in [-0.2, -0.15) is 0 Å². The third-order valence-corrected chi connectivity index (χ3v) is 6.46. The Labute approximate surface area is 202 Å². The highest BCUT2D eigenvalue weighted by molar-refractivity contribution is 5.97. The molecule has 2 aliphatic rings. The van der Waals surface area contributed by atoms with E-state index in [0.717, 1.165) is 36.3 Å². The molecule has 184 valence electrons. The Kier molecular flexibility index (Phi) is 7.08. The van der Waals surface area contributed by atoms with Crippen LogP contribution in [0.3, 0.4) is 0 Å². The standard InChI is InChI=1S/C26H29FN4O4/c27-21-4-1-19(2-5-21)16-28-26(33)23-18-31(30-9-13-35-14-10-30)24-6-3-20(15-22(24)25(23)32)17-29-7-11-34-12-8-29/h1-6,15,18H,7-14,16-17H2,(H,28,33). The van der Waals surface area contributed by atoms with Gasteiger partial charge in [0, 0.05) is 37.8 Å². The number of hydrogen-bond acceptors (Lipinski definition) is 6. The van der Waals surface area contributed by atoms with Crippen LogP contribution in [0.25, 0.3) is 10.9 Å². The molecule has 0 atom stereocenters. The van der Waals surface area contributed by atoms with Gasteiger partial charge < -0.3 is 19.8 Å². The average molecular weight is 481 g/mol. The van der Waals surface area contributed by atoms with Crippen molar-refractivity contribution in [1.29, 1.82) is 0 Å². The molecule has 0 radical (unpaired) electrons. The second-order valence-electron chi connectivity index (χ2n) is 8.83. The zero-order chi connectivity index (χ0) is 24.2. The first-order valence-electron chi connectivity index (χ1n) is 11.9. The Bertz CT molecular complexity index is 1250. The monoisotopic (exact) mass is 480 g/mol. The molecule has 2 fully saturated rings. The number of carbonyl (C=O) groups is 1. The fourth-order valence-corrected chi connectivity index (χ4v) is 4.52. The van der Waals surface area contributed by atoms with Gasteiger partial charge in [-0.1, -0.05) is 18.2 Å². The number of morpholine rings is 2. The summed E-state index contributed by atoms with van der Waals surface area (Å²) in [6.45, 7) is 6.50. The maximum atomic E-state index is 13.5. The summed E-state index contributed by atoms with van der Waals surface area (Å²) in [5, 5.41) is 5.41. The van der Waals surface area contributed by atoms with Crippen LogP contribution >= 0.6 is 0 Å². The van der Waals surface area contributed by atoms with Crippen LogP contribution in [0.2, 0.25) is 0 Å². The minimum Gasteiger partial charge on any atom is -0.379 e. The maximum absolute atomic E-state index is 13.5. The van der Waals surface area contributed by atoms with Crippen molar-refractivity contribution in [3.05, 3.63) is 81.4 Å². The molecule has 8 nitrogen and oxygen atoms in total. The number of nitrogens with zero attached hydrogens (tertiary/aromatic N) is 3. The zero-order valence-corrected chi connectivity index (χ0v) is 19.5. The fourth-order valence-electron chi connectivity index (χ4n) is 4.52. The number of fused-ring (bicyclic) bond motifs is 1. The van der Waals surface area contributed by atoms with E-state index in [9.17, 15) is 14.0 Å². The molecule has 0 aliphatic carbocycles. The van der Waals surface area contributed by atoms with Crippen LogP contribution in [0, 0.1) is 5.82 Å². The van der Waals surface area contributed by atoms with Crippen LogP contribution in [0.4, 0.5) is 4.39 Å². The summed E-state index contributed by atoms with van der Waals surface area (Å²) in [7, 11) is 0. The summed E-state index contributed by atoms with van der Waals surface area (Å²) in [6, 6.07) is 11.8. The minimum absolute atomic E-state index is 0.0784. The SMILES string of the molecule is O=C(NCc1ccc(F)cc1)c1cn(N2CCOCC2)c2ccc(CN3CCOCC3)cc2c1=O. The topological polar surface area (TPSA) is 76.0 Å². The number of nitrogens with one attached hydrogen (secondary N) is 1. The van der Waals surface area contributed by atoms with Crippen LogP contribution < -0.4 is 15.8 Å². The second kappa shape index (κ2) is 10.6. The third-order valence-electron chi connectivity index (χ3n) is 6.46. The van der Waals surface area contributed by atoms with Gasteiger partial charge in [0.1, 0.15) is 11.4 Å². The van der Waals surface area contributed by atoms with E-state index in [0.29, 0.717) is 44.9 Å². The van der Waals surface area contributed by atoms with Gasteiger partial charge in [-0.25, -0.2) is 4.39 Å². The van der Waals surface area contributed by atoms with Gasteiger partial charge in [0.25, 0.3) is 5.91 Å². The number of carbonyl (C=O) groups excluding carboxylic acids is 1. The summed E-state index contributed by atoms with van der Waals surface area (Å²) in [6.07, 6.45) is 1.62. The van der Waals surface area contributed by atoms with E-state index in [1.165, 1.54) is 12.1 Å². The molecule has 9 heteroatoms. The molecular formula is C26H29FN4O4. The van der Waals surface area contributed by atoms with Gasteiger partial charge in [-0.15, -0.1) is 0 Å². The van der Waals surface area contributed by atoms with Crippen LogP contribution in [0.15, 0.2) is 53.5 Å². The first-order valence-corrected chi connectivity index (χ1v) is 11.9. The number of ether oxygens (including phenoxy) is 2. The fraction of sp³-hybridized carbons (Fsp3) is 0.385. The summed E-state index contributed by atoms with van der Waals surface area (Å²) in [4.78, 5) is 28.9. The number of pyridine rings is 1. The van der Waals surface area contributed by atoms with Gasteiger partial charge in [-0.3, -0.25) is 19.2 Å². The Morgan fingerprint density at radius 3 is 2.29 bits per heavy atom. The zero-order valence-electron chi connectivity index (χ0n) is 19.5. The number of amides is 1. The number of rotatable bonds is 6. The quantitative estimate of drug-likeness (QED) is 0.581. The highest BCUT2D eigenvalue weighted by Crippen LogP contribution is 2.18. The highest BCUT2D eigenvalue weighted by Gasteiger charge is 2.20. The van der Waals surface area contributed by atoms with Gasteiger partial charge in [0.15, 0.2) is 0 Å². The lowest BCUT2D eigenvalue weighted by Gasteiger charge is -2.32. The van der Waals surface area contributed by atoms with Crippen molar-refractivity contribution in [2.75, 3.05) is 57.6 Å². The largest absolute Gasteiger partial charge is 0.379 e. The molecule has 0 saturated carbocycles. The van der Waals surface area contributed by atoms with Crippen molar-refractivity contribution in [2.45, 2.75) is 13.1 Å². The Morgan fingerprint density at radius 1 is 0.914 bits per heavy atom. The van der Waals surface area contributed by atoms with Crippen LogP contribution in [0.5, 0.6) is 0 Å². The summed E-state index contributed by atoms with van der Waals surface area (Å²) < 4.78 is 26.0. The Hall–Kier alpha value is -3.27. The Morgan fingerprint density at radius 2 is 1.57 bits per heavy atom. The average Bonchev–Trinajstić information content (AvgIpc) is 2.90. The number of aromatic nitrogens is 1. The van der Waals surface area contributed by atoms with Crippen molar-refractivity contribution in [1.82, 2.24) is 14.9 Å². The molecule has 5 rings (SSSR count). The summed E-state index contributed by atoms with van der Waals surface area (Å²) >= 11 is 0. The molecule has 1 N–H and O–H groups in total. The van der Waals surface area contributed by atoms with Crippen molar-refractivity contribution < 1.29 is 18.7 Å². The molecule has 1 amide bonds. The molecule has 1 aromatic heterocycles. The normalized spacial score (nSPS) is 17.0. The van der Waals surface area contributed by atoms with Gasteiger partial charge in [0.2, 0.25) is 5.43 Å². The van der Waals surface area contributed by atoms with E-state index in [4.69, 9.17) is 9.47 Å². The Balaban J connectivity index is 1.48. The smallest absolute Gasteiger partial charge is 0.257 e. The van der Waals surface area contributed by atoms with Crippen LogP contribution in [-0.2, 0) is 22.6 Å². The minimum atomic E-state index is -0.457. The molecule has 0 bridgehead atoms. The first kappa shape index (κ1) is 23.5. The highest BCUT2D eigenvalue weighted by atomic mass is 19.1. The summed E-state index contributed by atoms with van der Waals surface area (Å²) in [5.74, 6) is -0.794. The molecule has 2 saturated heterocycles. The summed E-state index contributed by atoms with van der Waals surface area (Å²) in [5.41, 5.74) is 2.31. The van der Waals surface area contributed by atoms with E-state index < -0.39 is 5.91 Å². The predicted molar refractivity (Wildman–Crippen MR) is 131 cm³/mol. The molecule has 0 spiro atoms. The first-order chi connectivity index (χ1) is 17.1. The number of hydrogen-bond donors (Lipinski definition) is 1. The predicted octanol–water partition coefficient (Wildman–Crippen LogP) is 1.87. The van der Waals surface area contributed by atoms with Crippen molar-refractivity contribution >= 4 is 16.8 Å². The van der Waals surface area contributed by atoms with Crippen LogP contribution in [0.1, 0.15) is 21.5 Å². The van der Waals surface area contributed by atoms with Crippen LogP contribution in [-0.4, -0.2) is 68.1 Å². The lowest BCUT2D eigenvalue weighted by molar-refractivity contribution is 0.0342. The number of halogens is 1. The molecule has 0 unspecified atom stereocenters. The molecule has 3 heterocycles. The molecule has 2 aromatic carbocycles. The lowest BCUT2D eigenvalue weighted by Crippen LogP contribution is -2.45. The third kappa shape index (κ3) is 5.37. The van der Waals surface area contributed by atoms with E-state index >= 15 is 0 Å². The maximum Gasteiger partial charge on any atom is 0.257 e. The van der Waals surface area contributed by atoms with Gasteiger partial charge in [0.05, 0.1) is 45.0 Å². The van der Waals surface area contributed by atoms with Gasteiger partial charge >= 0.3 is 0 Å². The van der Waals surface area contributed by atoms with Gasteiger partial charge in [-0.05, 0) is 35.4 Å². The van der Waals surface area contributed by atoms with E-state index in [1.807, 2.05) is 22.9 Å². The van der Waals surface area contributed by atoms with E-state index in [1.54, 1.807) is 18.3 Å². The van der Waals surface area contributed by atoms with Crippen molar-refractivity contribution in [3.8, 4) is 0 Å². The van der Waals surface area contributed by atoms with E-state index in [-0.39, 0.29) is 23.4 Å². The van der Waals surface area contributed by atoms with E-state index in [2.05, 4.69) is 15.2 Å². The van der Waals surface area contributed by atoms with Crippen molar-refractivity contribution in [3.63, 3.8) is 0 Å². The molecule has 35 heavy (non-hydrogen) atoms. The number of benzene rings is 2. The molecule has 3 aromatic rings. The molecule has 2 aliphatic heterocycles. The van der Waals surface area contributed by atoms with Crippen molar-refractivity contribution in [2.24, 2.45) is 0 Å². The molecular weight excluding hydrogens is 451 g/mol.